The lowest BCUT2D eigenvalue weighted by Crippen LogP contribution is -2.24. The molecule has 0 spiro atoms. The molecule has 0 aliphatic carbocycles. The zero-order valence-electron chi connectivity index (χ0n) is 15.5. The number of benzene rings is 1. The van der Waals surface area contributed by atoms with E-state index in [0.717, 1.165) is 17.4 Å². The van der Waals surface area contributed by atoms with Crippen molar-refractivity contribution in [1.82, 2.24) is 9.55 Å². The third-order valence-electron chi connectivity index (χ3n) is 4.45. The highest BCUT2D eigenvalue weighted by Gasteiger charge is 2.10. The first-order valence-corrected chi connectivity index (χ1v) is 10.6. The van der Waals surface area contributed by atoms with Crippen molar-refractivity contribution in [3.63, 3.8) is 0 Å². The Morgan fingerprint density at radius 1 is 1.26 bits per heavy atom. The molecule has 0 aliphatic heterocycles. The van der Waals surface area contributed by atoms with E-state index in [0.29, 0.717) is 24.6 Å². The van der Waals surface area contributed by atoms with Crippen LogP contribution in [-0.4, -0.2) is 22.5 Å². The maximum absolute atomic E-state index is 12.1. The molecule has 1 aromatic carbocycles. The van der Waals surface area contributed by atoms with Crippen LogP contribution >= 0.6 is 8.81 Å². The summed E-state index contributed by atoms with van der Waals surface area (Å²) >= 11 is 0. The van der Waals surface area contributed by atoms with Crippen LogP contribution in [0.25, 0.3) is 22.4 Å². The van der Waals surface area contributed by atoms with Crippen molar-refractivity contribution in [1.29, 1.82) is 0 Å². The Morgan fingerprint density at radius 3 is 2.81 bits per heavy atom. The van der Waals surface area contributed by atoms with E-state index in [2.05, 4.69) is 24.0 Å². The predicted molar refractivity (Wildman–Crippen MR) is 107 cm³/mol. The molecule has 3 rings (SSSR count). The van der Waals surface area contributed by atoms with Crippen LogP contribution in [0.4, 0.5) is 0 Å². The van der Waals surface area contributed by atoms with Gasteiger partial charge in [-0.15, -0.1) is 0 Å². The molecule has 0 N–H and O–H groups in total. The molecule has 144 valence electrons. The summed E-state index contributed by atoms with van der Waals surface area (Å²) in [6.07, 6.45) is 6.72. The van der Waals surface area contributed by atoms with E-state index in [4.69, 9.17) is 9.15 Å². The number of hydrogen-bond acceptors (Lipinski definition) is 5. The van der Waals surface area contributed by atoms with Crippen molar-refractivity contribution in [2.24, 2.45) is 0 Å². The van der Waals surface area contributed by atoms with Crippen LogP contribution in [0.15, 0.2) is 45.7 Å². The van der Waals surface area contributed by atoms with E-state index in [1.165, 1.54) is 29.4 Å². The molecule has 1 unspecified atom stereocenters. The number of hydrogen-bond donors (Lipinski definition) is 0. The van der Waals surface area contributed by atoms with Gasteiger partial charge in [0.05, 0.1) is 18.5 Å². The molecule has 2 aromatic heterocycles. The van der Waals surface area contributed by atoms with E-state index >= 15 is 0 Å². The van der Waals surface area contributed by atoms with Crippen LogP contribution in [0, 0.1) is 0 Å². The van der Waals surface area contributed by atoms with Gasteiger partial charge in [0.2, 0.25) is 5.71 Å². The molecule has 6 nitrogen and oxygen atoms in total. The number of unbranched alkanes of at least 4 members (excludes halogenated alkanes) is 2. The standard InChI is InChI=1S/C20H25N2O4P/c1-2-3-4-5-15-6-8-16(9-7-15)18-12-17-13-22(10-11-25-14-27-24)20(23)21-19(17)26-18/h6-9,12-13H,2-5,10-11,14,27H2,1H3. The summed E-state index contributed by atoms with van der Waals surface area (Å²) in [4.78, 5) is 26.6. The second-order valence-corrected chi connectivity index (χ2v) is 7.15. The van der Waals surface area contributed by atoms with Gasteiger partial charge in [-0.3, -0.25) is 4.57 Å². The molecule has 0 aliphatic rings. The van der Waals surface area contributed by atoms with E-state index in [1.807, 2.05) is 18.2 Å². The summed E-state index contributed by atoms with van der Waals surface area (Å²) in [5.41, 5.74) is 2.24. The van der Waals surface area contributed by atoms with Crippen molar-refractivity contribution >= 4 is 19.9 Å². The molecule has 0 saturated heterocycles. The highest BCUT2D eigenvalue weighted by atomic mass is 31.1. The predicted octanol–water partition coefficient (Wildman–Crippen LogP) is 3.05. The zero-order valence-corrected chi connectivity index (χ0v) is 16.7. The molecule has 0 fully saturated rings. The minimum absolute atomic E-state index is 0.231. The van der Waals surface area contributed by atoms with E-state index in [9.17, 15) is 9.69 Å². The van der Waals surface area contributed by atoms with Crippen LogP contribution in [0.5, 0.6) is 0 Å². The maximum Gasteiger partial charge on any atom is 0.350 e. The van der Waals surface area contributed by atoms with Gasteiger partial charge in [-0.25, -0.2) is 4.79 Å². The minimum Gasteiger partial charge on any atom is -0.681 e. The third kappa shape index (κ3) is 5.25. The van der Waals surface area contributed by atoms with Crippen molar-refractivity contribution in [3.8, 4) is 11.3 Å². The fourth-order valence-corrected chi connectivity index (χ4v) is 3.22. The Morgan fingerprint density at radius 2 is 2.07 bits per heavy atom. The molecule has 3 aromatic rings. The fraction of sp³-hybridized carbons (Fsp3) is 0.400. The van der Waals surface area contributed by atoms with E-state index < -0.39 is 8.81 Å². The highest BCUT2D eigenvalue weighted by molar-refractivity contribution is 7.29. The molecular formula is C20H25N2O4P. The van der Waals surface area contributed by atoms with Crippen LogP contribution < -0.4 is 10.6 Å². The van der Waals surface area contributed by atoms with E-state index in [-0.39, 0.29) is 12.0 Å². The zero-order chi connectivity index (χ0) is 19.1. The first-order valence-electron chi connectivity index (χ1n) is 9.33. The van der Waals surface area contributed by atoms with Crippen molar-refractivity contribution < 1.29 is 14.0 Å². The first kappa shape index (κ1) is 19.7. The quantitative estimate of drug-likeness (QED) is 0.394. The summed E-state index contributed by atoms with van der Waals surface area (Å²) in [6.45, 7) is 2.90. The van der Waals surface area contributed by atoms with Crippen LogP contribution in [0.3, 0.4) is 0 Å². The molecule has 2 heterocycles. The number of aromatic nitrogens is 2. The Kier molecular flexibility index (Phi) is 7.16. The van der Waals surface area contributed by atoms with Gasteiger partial charge in [-0.1, -0.05) is 44.0 Å². The minimum atomic E-state index is -0.927. The molecular weight excluding hydrogens is 363 g/mol. The molecule has 7 heteroatoms. The Balaban J connectivity index is 1.75. The van der Waals surface area contributed by atoms with Gasteiger partial charge < -0.3 is 14.0 Å². The molecule has 1 atom stereocenters. The number of rotatable bonds is 10. The third-order valence-corrected chi connectivity index (χ3v) is 4.82. The number of ether oxygens (including phenoxy) is 1. The average molecular weight is 388 g/mol. The van der Waals surface area contributed by atoms with Gasteiger partial charge in [-0.05, 0) is 33.3 Å². The van der Waals surface area contributed by atoms with Gasteiger partial charge in [-0.2, -0.15) is 4.98 Å². The first-order chi connectivity index (χ1) is 13.2. The van der Waals surface area contributed by atoms with Gasteiger partial charge in [0.1, 0.15) is 12.1 Å². The molecule has 0 radical (unpaired) electrons. The summed E-state index contributed by atoms with van der Waals surface area (Å²) in [5, 5.41) is 0.770. The SMILES string of the molecule is CCCCCc1ccc(-c2cc3cn(CCOC[PH2+][O-])c(=O)nc3o2)cc1. The largest absolute Gasteiger partial charge is 0.681 e. The van der Waals surface area contributed by atoms with Gasteiger partial charge >= 0.3 is 5.69 Å². The lowest BCUT2D eigenvalue weighted by molar-refractivity contribution is -0.154. The molecule has 0 saturated carbocycles. The van der Waals surface area contributed by atoms with Gasteiger partial charge in [0, 0.05) is 11.8 Å². The average Bonchev–Trinajstić information content (AvgIpc) is 3.08. The monoisotopic (exact) mass is 388 g/mol. The second kappa shape index (κ2) is 9.79. The topological polar surface area (TPSA) is 80.3 Å². The van der Waals surface area contributed by atoms with Crippen LogP contribution in [-0.2, 0) is 17.7 Å². The number of furan rings is 1. The second-order valence-electron chi connectivity index (χ2n) is 6.48. The lowest BCUT2D eigenvalue weighted by Gasteiger charge is -2.04. The van der Waals surface area contributed by atoms with Gasteiger partial charge in [0.15, 0.2) is 0 Å². The Hall–Kier alpha value is -2.01. The Bertz CT molecular complexity index is 918. The molecule has 0 bridgehead atoms. The summed E-state index contributed by atoms with van der Waals surface area (Å²) < 4.78 is 12.5. The van der Waals surface area contributed by atoms with Crippen molar-refractivity contribution in [3.05, 3.63) is 52.6 Å². The van der Waals surface area contributed by atoms with E-state index in [1.54, 1.807) is 6.20 Å². The molecule has 0 amide bonds. The Labute approximate surface area is 160 Å². The summed E-state index contributed by atoms with van der Waals surface area (Å²) in [7, 11) is -0.927. The summed E-state index contributed by atoms with van der Waals surface area (Å²) in [5.74, 6) is 0.695. The fourth-order valence-electron chi connectivity index (χ4n) is 2.96. The maximum atomic E-state index is 12.1. The van der Waals surface area contributed by atoms with Crippen LogP contribution in [0.1, 0.15) is 31.7 Å². The number of nitrogens with zero attached hydrogens (tertiary/aromatic N) is 2. The number of aryl methyl sites for hydroxylation is 1. The smallest absolute Gasteiger partial charge is 0.350 e. The van der Waals surface area contributed by atoms with Crippen LogP contribution in [0.2, 0.25) is 0 Å². The summed E-state index contributed by atoms with van der Waals surface area (Å²) in [6, 6.07) is 10.2. The lowest BCUT2D eigenvalue weighted by atomic mass is 10.0. The highest BCUT2D eigenvalue weighted by Crippen LogP contribution is 2.26. The van der Waals surface area contributed by atoms with Crippen molar-refractivity contribution in [2.75, 3.05) is 13.0 Å². The normalized spacial score (nSPS) is 11.8. The molecule has 27 heavy (non-hydrogen) atoms. The number of fused-ring (bicyclic) bond motifs is 1. The van der Waals surface area contributed by atoms with Crippen molar-refractivity contribution in [2.45, 2.75) is 39.2 Å². The van der Waals surface area contributed by atoms with Gasteiger partial charge in [0.25, 0.3) is 0 Å².